The summed E-state index contributed by atoms with van der Waals surface area (Å²) < 4.78 is 11.1. The Morgan fingerprint density at radius 2 is 2.12 bits per heavy atom. The van der Waals surface area contributed by atoms with E-state index in [1.165, 1.54) is 12.1 Å². The monoisotopic (exact) mass is 370 g/mol. The third-order valence-electron chi connectivity index (χ3n) is 3.87. The summed E-state index contributed by atoms with van der Waals surface area (Å²) >= 11 is 5.95. The number of halogens is 1. The zero-order valence-electron chi connectivity index (χ0n) is 14.6. The Hall–Kier alpha value is -2.02. The molecule has 0 spiro atoms. The Morgan fingerprint density at radius 1 is 1.44 bits per heavy atom. The minimum atomic E-state index is -0.653. The van der Waals surface area contributed by atoms with Crippen LogP contribution in [-0.2, 0) is 4.74 Å². The fourth-order valence-corrected chi connectivity index (χ4v) is 2.66. The lowest BCUT2D eigenvalue weighted by Crippen LogP contribution is -2.30. The second kappa shape index (κ2) is 7.91. The van der Waals surface area contributed by atoms with Gasteiger partial charge in [0.1, 0.15) is 16.4 Å². The van der Waals surface area contributed by atoms with Gasteiger partial charge in [0.25, 0.3) is 5.69 Å². The summed E-state index contributed by atoms with van der Waals surface area (Å²) in [6.45, 7) is 6.10. The van der Waals surface area contributed by atoms with Gasteiger partial charge in [-0.15, -0.1) is 0 Å². The number of hydrogen-bond donors (Lipinski definition) is 1. The number of ether oxygens (including phenoxy) is 2. The van der Waals surface area contributed by atoms with Crippen LogP contribution in [-0.4, -0.2) is 23.2 Å². The van der Waals surface area contributed by atoms with E-state index in [0.717, 1.165) is 19.3 Å². The third kappa shape index (κ3) is 5.77. The second-order valence-corrected chi connectivity index (χ2v) is 7.24. The van der Waals surface area contributed by atoms with Crippen LogP contribution in [0.15, 0.2) is 12.1 Å². The number of nitro groups is 1. The molecule has 1 aromatic rings. The number of carbonyl (C=O) groups excluding carboxylic acids is 1. The number of nitro benzene ring substituents is 1. The largest absolute Gasteiger partial charge is 0.491 e. The van der Waals surface area contributed by atoms with Gasteiger partial charge >= 0.3 is 6.09 Å². The van der Waals surface area contributed by atoms with Crippen LogP contribution < -0.4 is 10.1 Å². The van der Waals surface area contributed by atoms with E-state index in [2.05, 4.69) is 5.32 Å². The molecule has 1 aliphatic rings. The van der Waals surface area contributed by atoms with Crippen LogP contribution in [0.3, 0.4) is 0 Å². The number of nitrogens with zero attached hydrogens (tertiary/aromatic N) is 1. The first-order valence-electron chi connectivity index (χ1n) is 8.32. The van der Waals surface area contributed by atoms with Crippen LogP contribution in [0.25, 0.3) is 0 Å². The lowest BCUT2D eigenvalue weighted by Gasteiger charge is -2.25. The third-order valence-corrected chi connectivity index (χ3v) is 4.18. The highest BCUT2D eigenvalue weighted by Gasteiger charge is 2.26. The van der Waals surface area contributed by atoms with Crippen molar-refractivity contribution in [1.82, 2.24) is 0 Å². The van der Waals surface area contributed by atoms with Gasteiger partial charge in [-0.05, 0) is 45.1 Å². The first-order valence-corrected chi connectivity index (χ1v) is 8.70. The zero-order valence-corrected chi connectivity index (χ0v) is 15.4. The van der Waals surface area contributed by atoms with Crippen molar-refractivity contribution >= 4 is 29.1 Å². The summed E-state index contributed by atoms with van der Waals surface area (Å²) in [5.74, 6) is 0.672. The van der Waals surface area contributed by atoms with Gasteiger partial charge in [0, 0.05) is 0 Å². The summed E-state index contributed by atoms with van der Waals surface area (Å²) in [7, 11) is 0. The normalized spacial score (nSPS) is 14.1. The van der Waals surface area contributed by atoms with Crippen molar-refractivity contribution in [2.45, 2.75) is 52.1 Å². The zero-order chi connectivity index (χ0) is 18.6. The molecule has 0 aromatic heterocycles. The molecule has 0 atom stereocenters. The molecule has 1 N–H and O–H groups in total. The van der Waals surface area contributed by atoms with Crippen LogP contribution in [0.5, 0.6) is 5.75 Å². The first-order chi connectivity index (χ1) is 11.7. The summed E-state index contributed by atoms with van der Waals surface area (Å²) in [4.78, 5) is 22.7. The molecule has 8 heteroatoms. The number of carbonyl (C=O) groups is 1. The summed E-state index contributed by atoms with van der Waals surface area (Å²) in [6.07, 6.45) is 3.09. The predicted molar refractivity (Wildman–Crippen MR) is 95.4 cm³/mol. The van der Waals surface area contributed by atoms with Crippen molar-refractivity contribution in [3.8, 4) is 5.75 Å². The number of anilines is 1. The van der Waals surface area contributed by atoms with Crippen molar-refractivity contribution in [3.05, 3.63) is 27.3 Å². The van der Waals surface area contributed by atoms with Crippen LogP contribution in [0.1, 0.15) is 46.5 Å². The van der Waals surface area contributed by atoms with Gasteiger partial charge in [-0.25, -0.2) is 4.79 Å². The molecular formula is C17H23ClN2O5. The SMILES string of the molecule is CCCC(C)(C)OC(=O)Nc1cc(Cl)c([N+](=O)[O-])cc1OCC1CC1. The van der Waals surface area contributed by atoms with Gasteiger partial charge in [0.15, 0.2) is 0 Å². The minimum absolute atomic E-state index is 0.0770. The van der Waals surface area contributed by atoms with Gasteiger partial charge in [-0.3, -0.25) is 15.4 Å². The van der Waals surface area contributed by atoms with E-state index < -0.39 is 16.6 Å². The molecule has 7 nitrogen and oxygen atoms in total. The summed E-state index contributed by atoms with van der Waals surface area (Å²) in [5.41, 5.74) is -0.621. The molecule has 138 valence electrons. The molecule has 0 saturated heterocycles. The number of rotatable bonds is 8. The van der Waals surface area contributed by atoms with Gasteiger partial charge in [-0.2, -0.15) is 0 Å². The Balaban J connectivity index is 2.17. The highest BCUT2D eigenvalue weighted by Crippen LogP contribution is 2.38. The average molecular weight is 371 g/mol. The van der Waals surface area contributed by atoms with Crippen molar-refractivity contribution in [2.75, 3.05) is 11.9 Å². The van der Waals surface area contributed by atoms with Gasteiger partial charge in [0.2, 0.25) is 0 Å². The van der Waals surface area contributed by atoms with E-state index >= 15 is 0 Å². The van der Waals surface area contributed by atoms with Crippen molar-refractivity contribution in [1.29, 1.82) is 0 Å². The van der Waals surface area contributed by atoms with E-state index in [1.54, 1.807) is 0 Å². The van der Waals surface area contributed by atoms with Crippen molar-refractivity contribution in [2.24, 2.45) is 5.92 Å². The highest BCUT2D eigenvalue weighted by atomic mass is 35.5. The van der Waals surface area contributed by atoms with Crippen molar-refractivity contribution < 1.29 is 19.2 Å². The van der Waals surface area contributed by atoms with Crippen LogP contribution in [0.4, 0.5) is 16.2 Å². The molecule has 1 saturated carbocycles. The second-order valence-electron chi connectivity index (χ2n) is 6.84. The van der Waals surface area contributed by atoms with Crippen molar-refractivity contribution in [3.63, 3.8) is 0 Å². The summed E-state index contributed by atoms with van der Waals surface area (Å²) in [6, 6.07) is 2.55. The molecule has 0 aliphatic heterocycles. The quantitative estimate of drug-likeness (QED) is 0.503. The number of hydrogen-bond acceptors (Lipinski definition) is 5. The molecule has 0 bridgehead atoms. The fraction of sp³-hybridized carbons (Fsp3) is 0.588. The average Bonchev–Trinajstić information content (AvgIpc) is 3.29. The number of nitrogens with one attached hydrogen (secondary N) is 1. The van der Waals surface area contributed by atoms with Crippen LogP contribution in [0.2, 0.25) is 5.02 Å². The molecule has 2 rings (SSSR count). The Labute approximate surface area is 151 Å². The molecule has 0 radical (unpaired) electrons. The maximum atomic E-state index is 12.2. The van der Waals surface area contributed by atoms with Gasteiger partial charge < -0.3 is 9.47 Å². The van der Waals surface area contributed by atoms with Gasteiger partial charge in [-0.1, -0.05) is 24.9 Å². The Bertz CT molecular complexity index is 659. The fourth-order valence-electron chi connectivity index (χ4n) is 2.43. The lowest BCUT2D eigenvalue weighted by molar-refractivity contribution is -0.384. The smallest absolute Gasteiger partial charge is 0.412 e. The number of amides is 1. The number of benzene rings is 1. The van der Waals surface area contributed by atoms with E-state index in [1.807, 2.05) is 20.8 Å². The first kappa shape index (κ1) is 19.3. The van der Waals surface area contributed by atoms with E-state index in [4.69, 9.17) is 21.1 Å². The molecule has 1 aromatic carbocycles. The Morgan fingerprint density at radius 3 is 2.68 bits per heavy atom. The molecule has 25 heavy (non-hydrogen) atoms. The molecule has 1 aliphatic carbocycles. The van der Waals surface area contributed by atoms with E-state index in [9.17, 15) is 14.9 Å². The lowest BCUT2D eigenvalue weighted by atomic mass is 10.0. The maximum absolute atomic E-state index is 12.2. The molecular weight excluding hydrogens is 348 g/mol. The standard InChI is InChI=1S/C17H23ClN2O5/c1-4-7-17(2,3)25-16(21)19-13-8-12(18)14(20(22)23)9-15(13)24-10-11-5-6-11/h8-9,11H,4-7,10H2,1-3H3,(H,19,21). The topological polar surface area (TPSA) is 90.7 Å². The van der Waals surface area contributed by atoms with E-state index in [-0.39, 0.29) is 22.1 Å². The molecule has 1 fully saturated rings. The van der Waals surface area contributed by atoms with Gasteiger partial charge in [0.05, 0.1) is 23.3 Å². The van der Waals surface area contributed by atoms with E-state index in [0.29, 0.717) is 18.9 Å². The van der Waals surface area contributed by atoms with Crippen LogP contribution >= 0.6 is 11.6 Å². The molecule has 0 heterocycles. The molecule has 0 unspecified atom stereocenters. The van der Waals surface area contributed by atoms with Crippen LogP contribution in [0, 0.1) is 16.0 Å². The maximum Gasteiger partial charge on any atom is 0.412 e. The highest BCUT2D eigenvalue weighted by molar-refractivity contribution is 6.33. The predicted octanol–water partition coefficient (Wildman–Crippen LogP) is 5.16. The molecule has 1 amide bonds. The Kier molecular flexibility index (Phi) is 6.11. The summed E-state index contributed by atoms with van der Waals surface area (Å²) in [5, 5.41) is 13.6. The minimum Gasteiger partial charge on any atom is -0.491 e.